The van der Waals surface area contributed by atoms with Gasteiger partial charge in [-0.15, -0.1) is 0 Å². The molecule has 3 aromatic heterocycles. The van der Waals surface area contributed by atoms with Gasteiger partial charge in [0, 0.05) is 51.3 Å². The van der Waals surface area contributed by atoms with E-state index in [1.54, 1.807) is 11.9 Å². The van der Waals surface area contributed by atoms with E-state index < -0.39 is 0 Å². The molecule has 3 heterocycles. The Hall–Kier alpha value is -2.47. The number of aromatic nitrogens is 3. The summed E-state index contributed by atoms with van der Waals surface area (Å²) in [5.74, 6) is 0. The topological polar surface area (TPSA) is 54.6 Å². The van der Waals surface area contributed by atoms with Gasteiger partial charge in [-0.2, -0.15) is 0 Å². The Balaban J connectivity index is 1.50. The van der Waals surface area contributed by atoms with Crippen molar-refractivity contribution in [2.24, 2.45) is 7.05 Å². The van der Waals surface area contributed by atoms with Crippen LogP contribution in [0.15, 0.2) is 42.9 Å². The Kier molecular flexibility index (Phi) is 4.76. The van der Waals surface area contributed by atoms with Crippen LogP contribution in [-0.4, -0.2) is 38.5 Å². The van der Waals surface area contributed by atoms with E-state index in [9.17, 15) is 4.79 Å². The molecule has 0 aliphatic rings. The van der Waals surface area contributed by atoms with E-state index in [1.165, 1.54) is 0 Å². The minimum atomic E-state index is -0.115. The fraction of sp³-hybridized carbons (Fsp3) is 0.294. The second kappa shape index (κ2) is 6.97. The average Bonchev–Trinajstić information content (AvgIpc) is 3.09. The quantitative estimate of drug-likeness (QED) is 0.773. The number of hydrogen-bond donors (Lipinski definition) is 1. The molecule has 0 saturated carbocycles. The van der Waals surface area contributed by atoms with Crippen molar-refractivity contribution in [1.82, 2.24) is 24.2 Å². The Bertz CT molecular complexity index is 821. The summed E-state index contributed by atoms with van der Waals surface area (Å²) >= 11 is 5.96. The second-order valence-electron chi connectivity index (χ2n) is 5.80. The van der Waals surface area contributed by atoms with Crippen LogP contribution in [-0.2, 0) is 20.0 Å². The number of pyridine rings is 1. The fourth-order valence-corrected chi connectivity index (χ4v) is 2.85. The number of carbonyl (C=O) groups excluding carboxylic acids is 1. The molecule has 0 aliphatic heterocycles. The van der Waals surface area contributed by atoms with Gasteiger partial charge in [-0.3, -0.25) is 0 Å². The standard InChI is InChI=1S/C17H20ClN5O/c1-21-10-13(18)9-15(21)12-22(2)17(24)19-7-6-14-11-23-8-4-3-5-16(23)20-14/h3-5,8-11H,6-7,12H2,1-2H3,(H,19,24). The van der Waals surface area contributed by atoms with Gasteiger partial charge in [-0.05, 0) is 18.2 Å². The average molecular weight is 346 g/mol. The van der Waals surface area contributed by atoms with Gasteiger partial charge in [-0.25, -0.2) is 9.78 Å². The largest absolute Gasteiger partial charge is 0.351 e. The van der Waals surface area contributed by atoms with Crippen molar-refractivity contribution in [3.63, 3.8) is 0 Å². The van der Waals surface area contributed by atoms with E-state index in [1.807, 2.05) is 58.9 Å². The Morgan fingerprint density at radius 2 is 2.21 bits per heavy atom. The molecule has 0 saturated heterocycles. The van der Waals surface area contributed by atoms with Crippen molar-refractivity contribution in [1.29, 1.82) is 0 Å². The van der Waals surface area contributed by atoms with Crippen molar-refractivity contribution in [2.45, 2.75) is 13.0 Å². The molecule has 0 aromatic carbocycles. The normalized spacial score (nSPS) is 11.0. The minimum Gasteiger partial charge on any atom is -0.351 e. The molecule has 24 heavy (non-hydrogen) atoms. The van der Waals surface area contributed by atoms with Crippen LogP contribution in [0.3, 0.4) is 0 Å². The van der Waals surface area contributed by atoms with Crippen LogP contribution >= 0.6 is 11.6 Å². The van der Waals surface area contributed by atoms with Gasteiger partial charge in [0.2, 0.25) is 0 Å². The molecule has 0 spiro atoms. The number of nitrogens with zero attached hydrogens (tertiary/aromatic N) is 4. The van der Waals surface area contributed by atoms with Crippen LogP contribution in [0.25, 0.3) is 5.65 Å². The van der Waals surface area contributed by atoms with Gasteiger partial charge < -0.3 is 19.2 Å². The van der Waals surface area contributed by atoms with Gasteiger partial charge in [0.25, 0.3) is 0 Å². The molecular weight excluding hydrogens is 326 g/mol. The number of aryl methyl sites for hydroxylation is 1. The zero-order chi connectivity index (χ0) is 17.1. The highest BCUT2D eigenvalue weighted by Crippen LogP contribution is 2.14. The van der Waals surface area contributed by atoms with Crippen molar-refractivity contribution < 1.29 is 4.79 Å². The molecule has 0 fully saturated rings. The zero-order valence-electron chi connectivity index (χ0n) is 13.7. The third kappa shape index (κ3) is 3.71. The van der Waals surface area contributed by atoms with Crippen LogP contribution in [0.4, 0.5) is 4.79 Å². The lowest BCUT2D eigenvalue weighted by molar-refractivity contribution is 0.206. The molecule has 0 radical (unpaired) electrons. The first-order valence-electron chi connectivity index (χ1n) is 7.75. The van der Waals surface area contributed by atoms with Gasteiger partial charge in [0.1, 0.15) is 5.65 Å². The molecule has 0 atom stereocenters. The first-order chi connectivity index (χ1) is 11.5. The van der Waals surface area contributed by atoms with Crippen LogP contribution in [0.5, 0.6) is 0 Å². The highest BCUT2D eigenvalue weighted by Gasteiger charge is 2.11. The van der Waals surface area contributed by atoms with Gasteiger partial charge in [0.15, 0.2) is 0 Å². The lowest BCUT2D eigenvalue weighted by atomic mass is 10.3. The lowest BCUT2D eigenvalue weighted by Crippen LogP contribution is -2.38. The number of urea groups is 1. The summed E-state index contributed by atoms with van der Waals surface area (Å²) in [5.41, 5.74) is 2.85. The van der Waals surface area contributed by atoms with E-state index in [0.29, 0.717) is 24.5 Å². The van der Waals surface area contributed by atoms with E-state index in [2.05, 4.69) is 10.3 Å². The molecule has 7 heteroatoms. The van der Waals surface area contributed by atoms with Crippen LogP contribution in [0.1, 0.15) is 11.4 Å². The van der Waals surface area contributed by atoms with E-state index in [4.69, 9.17) is 11.6 Å². The number of amides is 2. The molecule has 126 valence electrons. The zero-order valence-corrected chi connectivity index (χ0v) is 14.5. The Labute approximate surface area is 145 Å². The number of imidazole rings is 1. The lowest BCUT2D eigenvalue weighted by Gasteiger charge is -2.18. The first-order valence-corrected chi connectivity index (χ1v) is 8.13. The van der Waals surface area contributed by atoms with Gasteiger partial charge in [0.05, 0.1) is 17.3 Å². The molecule has 0 bridgehead atoms. The molecule has 0 aliphatic carbocycles. The minimum absolute atomic E-state index is 0.115. The Morgan fingerprint density at radius 1 is 1.38 bits per heavy atom. The Morgan fingerprint density at radius 3 is 2.92 bits per heavy atom. The predicted octanol–water partition coefficient (Wildman–Crippen LogP) is 2.71. The molecule has 1 N–H and O–H groups in total. The number of rotatable bonds is 5. The van der Waals surface area contributed by atoms with E-state index in [-0.39, 0.29) is 6.03 Å². The smallest absolute Gasteiger partial charge is 0.317 e. The summed E-state index contributed by atoms with van der Waals surface area (Å²) < 4.78 is 3.89. The molecule has 2 amide bonds. The fourth-order valence-electron chi connectivity index (χ4n) is 2.58. The molecule has 3 aromatic rings. The number of nitrogens with one attached hydrogen (secondary N) is 1. The first kappa shape index (κ1) is 16.4. The number of hydrogen-bond acceptors (Lipinski definition) is 2. The molecule has 3 rings (SSSR count). The summed E-state index contributed by atoms with van der Waals surface area (Å²) in [4.78, 5) is 18.3. The van der Waals surface area contributed by atoms with Crippen LogP contribution < -0.4 is 5.32 Å². The van der Waals surface area contributed by atoms with Crippen molar-refractivity contribution >= 4 is 23.3 Å². The second-order valence-corrected chi connectivity index (χ2v) is 6.23. The SMILES string of the molecule is CN(Cc1cc(Cl)cn1C)C(=O)NCCc1cn2ccccc2n1. The number of fused-ring (bicyclic) bond motifs is 1. The maximum absolute atomic E-state index is 12.2. The molecule has 0 unspecified atom stereocenters. The highest BCUT2D eigenvalue weighted by molar-refractivity contribution is 6.30. The predicted molar refractivity (Wildman–Crippen MR) is 94.2 cm³/mol. The van der Waals surface area contributed by atoms with Crippen molar-refractivity contribution in [3.8, 4) is 0 Å². The maximum Gasteiger partial charge on any atom is 0.317 e. The summed E-state index contributed by atoms with van der Waals surface area (Å²) in [7, 11) is 3.68. The molecule has 6 nitrogen and oxygen atoms in total. The summed E-state index contributed by atoms with van der Waals surface area (Å²) in [6.45, 7) is 1.05. The van der Waals surface area contributed by atoms with Gasteiger partial charge in [-0.1, -0.05) is 17.7 Å². The molecular formula is C17H20ClN5O. The van der Waals surface area contributed by atoms with E-state index >= 15 is 0 Å². The van der Waals surface area contributed by atoms with Crippen LogP contribution in [0, 0.1) is 0 Å². The summed E-state index contributed by atoms with van der Waals surface area (Å²) in [6, 6.07) is 7.63. The number of halogens is 1. The maximum atomic E-state index is 12.2. The van der Waals surface area contributed by atoms with Gasteiger partial charge >= 0.3 is 6.03 Å². The highest BCUT2D eigenvalue weighted by atomic mass is 35.5. The number of carbonyl (C=O) groups is 1. The monoisotopic (exact) mass is 345 g/mol. The van der Waals surface area contributed by atoms with E-state index in [0.717, 1.165) is 17.0 Å². The summed E-state index contributed by atoms with van der Waals surface area (Å²) in [6.07, 6.45) is 6.46. The van der Waals surface area contributed by atoms with Crippen molar-refractivity contribution in [2.75, 3.05) is 13.6 Å². The van der Waals surface area contributed by atoms with Crippen LogP contribution in [0.2, 0.25) is 5.02 Å². The third-order valence-electron chi connectivity index (χ3n) is 3.89. The third-order valence-corrected chi connectivity index (χ3v) is 4.10. The van der Waals surface area contributed by atoms with Crippen molar-refractivity contribution in [3.05, 3.63) is 59.3 Å². The summed E-state index contributed by atoms with van der Waals surface area (Å²) in [5, 5.41) is 3.59.